The van der Waals surface area contributed by atoms with Crippen LogP contribution in [0.1, 0.15) is 80.2 Å². The first-order valence-corrected chi connectivity index (χ1v) is 23.9. The molecule has 1 aromatic rings. The number of hydrogen-bond donors (Lipinski definition) is 0. The smallest absolute Gasteiger partial charge is 0.303 e. The van der Waals surface area contributed by atoms with Crippen molar-refractivity contribution in [3.8, 4) is 0 Å². The van der Waals surface area contributed by atoms with E-state index < -0.39 is 50.4 Å². The number of carbonyl (C=O) groups is 2. The standard InChI is InChI=1S/C38H58O6Si2/c1-24-19-30-36(44-45(9,10)11,28(24)20-27-17-15-14-16-18-27)22-35(23-41-46(12,13)33(4,5)6)21-29-31-34(7,8)38(31,42-26(3)39)32(40)25(2)37(29,30)43-35/h14-18,20,24-25,29-31H,19,21-23H2,1-13H3/b28-20-/t24-,25+,29-,30+,31+,35-,36-,37+,38+/m0/s1. The van der Waals surface area contributed by atoms with Crippen LogP contribution in [0.15, 0.2) is 35.9 Å². The molecule has 5 aliphatic rings. The minimum absolute atomic E-state index is 0.00383. The lowest BCUT2D eigenvalue weighted by molar-refractivity contribution is -0.259. The number of esters is 1. The Hall–Kier alpha value is -1.59. The summed E-state index contributed by atoms with van der Waals surface area (Å²) in [7, 11) is -4.28. The first kappa shape index (κ1) is 34.3. The molecule has 3 aliphatic carbocycles. The highest BCUT2D eigenvalue weighted by atomic mass is 28.4. The summed E-state index contributed by atoms with van der Waals surface area (Å²) in [5.41, 5.74) is -1.03. The summed E-state index contributed by atoms with van der Waals surface area (Å²) in [6, 6.07) is 10.6. The monoisotopic (exact) mass is 666 g/mol. The summed E-state index contributed by atoms with van der Waals surface area (Å²) in [5.74, 6) is -0.636. The molecule has 8 heteroatoms. The molecule has 0 radical (unpaired) electrons. The summed E-state index contributed by atoms with van der Waals surface area (Å²) >= 11 is 0. The van der Waals surface area contributed by atoms with Gasteiger partial charge in [0.15, 0.2) is 28.0 Å². The Morgan fingerprint density at radius 2 is 1.70 bits per heavy atom. The molecule has 3 saturated carbocycles. The van der Waals surface area contributed by atoms with Crippen LogP contribution in [-0.2, 0) is 27.9 Å². The van der Waals surface area contributed by atoms with Crippen molar-refractivity contribution in [2.45, 2.75) is 135 Å². The molecule has 9 atom stereocenters. The zero-order valence-corrected chi connectivity index (χ0v) is 32.6. The second-order valence-electron chi connectivity index (χ2n) is 18.6. The fourth-order valence-electron chi connectivity index (χ4n) is 10.5. The molecule has 0 aromatic heterocycles. The third kappa shape index (κ3) is 4.62. The number of benzene rings is 1. The highest BCUT2D eigenvalue weighted by molar-refractivity contribution is 6.74. The van der Waals surface area contributed by atoms with Gasteiger partial charge in [0.2, 0.25) is 0 Å². The third-order valence-electron chi connectivity index (χ3n) is 13.2. The summed E-state index contributed by atoms with van der Waals surface area (Å²) in [5, 5.41) is 0.0445. The lowest BCUT2D eigenvalue weighted by Crippen LogP contribution is -2.69. The van der Waals surface area contributed by atoms with E-state index in [2.05, 4.69) is 118 Å². The van der Waals surface area contributed by atoms with Gasteiger partial charge in [-0.25, -0.2) is 0 Å². The number of ether oxygens (including phenoxy) is 2. The summed E-state index contributed by atoms with van der Waals surface area (Å²) in [6.07, 6.45) is 4.75. The molecule has 2 heterocycles. The van der Waals surface area contributed by atoms with E-state index >= 15 is 0 Å². The van der Waals surface area contributed by atoms with Crippen LogP contribution in [0.4, 0.5) is 0 Å². The van der Waals surface area contributed by atoms with E-state index in [4.69, 9.17) is 18.3 Å². The van der Waals surface area contributed by atoms with Crippen LogP contribution in [0.2, 0.25) is 37.8 Å². The first-order valence-electron chi connectivity index (χ1n) is 17.6. The maximum absolute atomic E-state index is 14.8. The maximum Gasteiger partial charge on any atom is 0.303 e. The predicted octanol–water partition coefficient (Wildman–Crippen LogP) is 8.43. The van der Waals surface area contributed by atoms with Gasteiger partial charge in [-0.3, -0.25) is 9.59 Å². The average molecular weight is 667 g/mol. The van der Waals surface area contributed by atoms with Gasteiger partial charge in [0.1, 0.15) is 0 Å². The molecule has 2 bridgehead atoms. The van der Waals surface area contributed by atoms with Crippen LogP contribution in [0, 0.1) is 35.0 Å². The maximum atomic E-state index is 14.8. The molecule has 0 unspecified atom stereocenters. The fraction of sp³-hybridized carbons (Fsp3) is 0.737. The Balaban J connectivity index is 1.58. The van der Waals surface area contributed by atoms with Gasteiger partial charge < -0.3 is 18.3 Å². The van der Waals surface area contributed by atoms with Crippen molar-refractivity contribution in [3.63, 3.8) is 0 Å². The van der Waals surface area contributed by atoms with Crippen molar-refractivity contribution in [1.29, 1.82) is 0 Å². The van der Waals surface area contributed by atoms with Gasteiger partial charge in [0.25, 0.3) is 0 Å². The zero-order chi connectivity index (χ0) is 34.1. The van der Waals surface area contributed by atoms with Crippen molar-refractivity contribution in [3.05, 3.63) is 41.5 Å². The van der Waals surface area contributed by atoms with Crippen LogP contribution in [0.3, 0.4) is 0 Å². The van der Waals surface area contributed by atoms with Crippen LogP contribution in [-0.4, -0.2) is 57.4 Å². The largest absolute Gasteiger partial charge is 0.450 e. The first-order chi connectivity index (χ1) is 21.0. The molecule has 6 rings (SSSR count). The van der Waals surface area contributed by atoms with E-state index in [1.54, 1.807) is 0 Å². The van der Waals surface area contributed by atoms with Gasteiger partial charge in [-0.1, -0.05) is 84.9 Å². The summed E-state index contributed by atoms with van der Waals surface area (Å²) in [6.45, 7) is 28.9. The molecule has 254 valence electrons. The molecule has 5 fully saturated rings. The second-order valence-corrected chi connectivity index (χ2v) is 27.8. The van der Waals surface area contributed by atoms with Crippen molar-refractivity contribution in [1.82, 2.24) is 0 Å². The Morgan fingerprint density at radius 1 is 1.07 bits per heavy atom. The molecular formula is C38H58O6Si2. The highest BCUT2D eigenvalue weighted by Crippen LogP contribution is 2.81. The predicted molar refractivity (Wildman–Crippen MR) is 187 cm³/mol. The van der Waals surface area contributed by atoms with Gasteiger partial charge in [-0.05, 0) is 73.6 Å². The van der Waals surface area contributed by atoms with Crippen molar-refractivity contribution < 1.29 is 27.9 Å². The number of hydrogen-bond acceptors (Lipinski definition) is 6. The van der Waals surface area contributed by atoms with Crippen LogP contribution < -0.4 is 0 Å². The normalized spacial score (nSPS) is 42.0. The van der Waals surface area contributed by atoms with Gasteiger partial charge in [-0.15, -0.1) is 0 Å². The van der Waals surface area contributed by atoms with Crippen LogP contribution in [0.25, 0.3) is 6.08 Å². The lowest BCUT2D eigenvalue weighted by Gasteiger charge is -2.59. The average Bonchev–Trinajstić information content (AvgIpc) is 3.13. The molecule has 2 aliphatic heterocycles. The Morgan fingerprint density at radius 3 is 2.26 bits per heavy atom. The molecule has 6 nitrogen and oxygen atoms in total. The van der Waals surface area contributed by atoms with Gasteiger partial charge in [0.05, 0.1) is 23.4 Å². The topological polar surface area (TPSA) is 71.1 Å². The second kappa shape index (κ2) is 10.2. The van der Waals surface area contributed by atoms with Crippen molar-refractivity contribution >= 4 is 34.5 Å². The van der Waals surface area contributed by atoms with E-state index in [0.29, 0.717) is 13.0 Å². The minimum atomic E-state index is -2.15. The molecule has 0 amide bonds. The van der Waals surface area contributed by atoms with Gasteiger partial charge in [0, 0.05) is 36.5 Å². The summed E-state index contributed by atoms with van der Waals surface area (Å²) in [4.78, 5) is 27.4. The molecule has 1 spiro atoms. The zero-order valence-electron chi connectivity index (χ0n) is 30.6. The van der Waals surface area contributed by atoms with Crippen LogP contribution >= 0.6 is 0 Å². The van der Waals surface area contributed by atoms with Gasteiger partial charge >= 0.3 is 5.97 Å². The minimum Gasteiger partial charge on any atom is -0.450 e. The SMILES string of the molecule is CC(=O)O[C@@]12C(=O)[C@@H](C)[C@@]34O[C@@](CO[Si](C)(C)C(C)(C)C)(C[C@H]3[C@@H]1C2(C)C)C[C@]1(O[Si](C)(C)C)/C(=C\c2ccccc2)[C@@H](C)C[C@@H]41. The molecule has 1 aromatic carbocycles. The van der Waals surface area contributed by atoms with E-state index in [9.17, 15) is 9.59 Å². The van der Waals surface area contributed by atoms with Crippen LogP contribution in [0.5, 0.6) is 0 Å². The van der Waals surface area contributed by atoms with Gasteiger partial charge in [-0.2, -0.15) is 0 Å². The number of carbonyl (C=O) groups excluding carboxylic acids is 2. The highest BCUT2D eigenvalue weighted by Gasteiger charge is 2.91. The quantitative estimate of drug-likeness (QED) is 0.215. The Kier molecular flexibility index (Phi) is 7.62. The fourth-order valence-corrected chi connectivity index (χ4v) is 13.0. The molecular weight excluding hydrogens is 609 g/mol. The number of rotatable bonds is 7. The third-order valence-corrected chi connectivity index (χ3v) is 18.7. The van der Waals surface area contributed by atoms with E-state index in [0.717, 1.165) is 12.8 Å². The Bertz CT molecular complexity index is 1460. The van der Waals surface area contributed by atoms with E-state index in [1.807, 2.05) is 0 Å². The van der Waals surface area contributed by atoms with E-state index in [1.165, 1.54) is 18.1 Å². The summed E-state index contributed by atoms with van der Waals surface area (Å²) < 4.78 is 28.5. The van der Waals surface area contributed by atoms with Crippen molar-refractivity contribution in [2.75, 3.05) is 6.61 Å². The number of ketones is 1. The lowest BCUT2D eigenvalue weighted by atomic mass is 9.59. The van der Waals surface area contributed by atoms with Crippen molar-refractivity contribution in [2.24, 2.45) is 35.0 Å². The number of Topliss-reactive ketones (excluding diaryl/α,β-unsaturated/α-hetero) is 1. The Labute approximate surface area is 279 Å². The van der Waals surface area contributed by atoms with E-state index in [-0.39, 0.29) is 40.5 Å². The number of fused-ring (bicyclic) bond motifs is 4. The molecule has 46 heavy (non-hydrogen) atoms. The molecule has 0 N–H and O–H groups in total. The molecule has 2 saturated heterocycles.